The quantitative estimate of drug-likeness (QED) is 0.884. The maximum atomic E-state index is 12.2. The topological polar surface area (TPSA) is 68.0 Å². The van der Waals surface area contributed by atoms with Gasteiger partial charge < -0.3 is 11.1 Å². The Labute approximate surface area is 126 Å². The van der Waals surface area contributed by atoms with E-state index in [1.165, 1.54) is 0 Å². The van der Waals surface area contributed by atoms with E-state index in [-0.39, 0.29) is 11.3 Å². The van der Waals surface area contributed by atoms with E-state index in [1.807, 2.05) is 45.0 Å². The minimum absolute atomic E-state index is 0.199. The number of benzene rings is 1. The summed E-state index contributed by atoms with van der Waals surface area (Å²) in [6.45, 7) is 5.82. The maximum Gasteiger partial charge on any atom is 0.241 e. The second kappa shape index (κ2) is 5.50. The lowest BCUT2D eigenvalue weighted by atomic mass is 9.87. The maximum absolute atomic E-state index is 12.2. The highest BCUT2D eigenvalue weighted by atomic mass is 79.9. The van der Waals surface area contributed by atoms with Crippen LogP contribution < -0.4 is 11.1 Å². The molecule has 0 aliphatic rings. The molecule has 0 unspecified atom stereocenters. The number of pyridine rings is 1. The molecule has 1 atom stereocenters. The molecule has 0 bridgehead atoms. The van der Waals surface area contributed by atoms with Crippen LogP contribution in [-0.2, 0) is 4.79 Å². The normalized spacial score (nSPS) is 13.2. The molecule has 1 amide bonds. The van der Waals surface area contributed by atoms with Crippen molar-refractivity contribution in [2.75, 3.05) is 5.32 Å². The van der Waals surface area contributed by atoms with Crippen LogP contribution in [0.25, 0.3) is 10.9 Å². The first kappa shape index (κ1) is 14.9. The van der Waals surface area contributed by atoms with Gasteiger partial charge in [0.05, 0.1) is 17.2 Å². The largest absolute Gasteiger partial charge is 0.323 e. The van der Waals surface area contributed by atoms with Gasteiger partial charge in [0, 0.05) is 16.1 Å². The Morgan fingerprint density at radius 2 is 2.10 bits per heavy atom. The van der Waals surface area contributed by atoms with Gasteiger partial charge in [0.25, 0.3) is 0 Å². The van der Waals surface area contributed by atoms with Gasteiger partial charge in [0.15, 0.2) is 0 Å². The van der Waals surface area contributed by atoms with Crippen molar-refractivity contribution in [3.05, 3.63) is 34.9 Å². The highest BCUT2D eigenvalue weighted by Crippen LogP contribution is 2.25. The molecular weight excluding hydrogens is 318 g/mol. The van der Waals surface area contributed by atoms with Crippen LogP contribution in [0.3, 0.4) is 0 Å². The number of fused-ring (bicyclic) bond motifs is 1. The minimum atomic E-state index is -0.576. The fraction of sp³-hybridized carbons (Fsp3) is 0.333. The number of nitrogens with two attached hydrogens (primary N) is 1. The fourth-order valence-electron chi connectivity index (χ4n) is 1.84. The van der Waals surface area contributed by atoms with E-state index < -0.39 is 6.04 Å². The van der Waals surface area contributed by atoms with Crippen molar-refractivity contribution >= 4 is 38.4 Å². The van der Waals surface area contributed by atoms with E-state index in [0.717, 1.165) is 15.4 Å². The number of nitrogens with zero attached hydrogens (tertiary/aromatic N) is 1. The summed E-state index contributed by atoms with van der Waals surface area (Å²) >= 11 is 3.39. The van der Waals surface area contributed by atoms with Crippen LogP contribution in [0.2, 0.25) is 0 Å². The highest BCUT2D eigenvalue weighted by molar-refractivity contribution is 9.10. The van der Waals surface area contributed by atoms with Gasteiger partial charge in [0.1, 0.15) is 0 Å². The first-order chi connectivity index (χ1) is 9.29. The summed E-state index contributed by atoms with van der Waals surface area (Å²) in [5.74, 6) is -0.199. The highest BCUT2D eigenvalue weighted by Gasteiger charge is 2.27. The van der Waals surface area contributed by atoms with Crippen molar-refractivity contribution in [1.82, 2.24) is 4.98 Å². The van der Waals surface area contributed by atoms with Gasteiger partial charge in [-0.05, 0) is 33.5 Å². The second-order valence-corrected chi connectivity index (χ2v) is 6.78. The standard InChI is InChI=1S/C15H18BrN3O/c1-15(2,3)13(17)14(20)19-11-6-4-5-9-7-10(16)8-18-12(9)11/h4-8,13H,17H2,1-3H3,(H,19,20)/t13-/m1/s1. The van der Waals surface area contributed by atoms with Crippen LogP contribution in [0.4, 0.5) is 5.69 Å². The van der Waals surface area contributed by atoms with Crippen molar-refractivity contribution in [2.45, 2.75) is 26.8 Å². The number of para-hydroxylation sites is 1. The molecule has 0 aliphatic carbocycles. The lowest BCUT2D eigenvalue weighted by Gasteiger charge is -2.25. The zero-order valence-corrected chi connectivity index (χ0v) is 13.4. The lowest BCUT2D eigenvalue weighted by molar-refractivity contribution is -0.119. The van der Waals surface area contributed by atoms with E-state index in [9.17, 15) is 4.79 Å². The molecule has 0 aliphatic heterocycles. The summed E-state index contributed by atoms with van der Waals surface area (Å²) < 4.78 is 0.903. The number of aromatic nitrogens is 1. The summed E-state index contributed by atoms with van der Waals surface area (Å²) in [7, 11) is 0. The molecule has 106 valence electrons. The van der Waals surface area contributed by atoms with E-state index in [4.69, 9.17) is 5.73 Å². The summed E-state index contributed by atoms with van der Waals surface area (Å²) in [6.07, 6.45) is 1.71. The van der Waals surface area contributed by atoms with Gasteiger partial charge in [-0.3, -0.25) is 9.78 Å². The molecule has 1 aromatic carbocycles. The summed E-state index contributed by atoms with van der Waals surface area (Å²) in [4.78, 5) is 16.5. The Hall–Kier alpha value is -1.46. The van der Waals surface area contributed by atoms with Gasteiger partial charge in [-0.1, -0.05) is 32.9 Å². The van der Waals surface area contributed by atoms with Crippen molar-refractivity contribution in [3.63, 3.8) is 0 Å². The van der Waals surface area contributed by atoms with Gasteiger partial charge >= 0.3 is 0 Å². The van der Waals surface area contributed by atoms with Crippen molar-refractivity contribution in [2.24, 2.45) is 11.1 Å². The SMILES string of the molecule is CC(C)(C)[C@H](N)C(=O)Nc1cccc2cc(Br)cnc12. The molecule has 3 N–H and O–H groups in total. The number of anilines is 1. The lowest BCUT2D eigenvalue weighted by Crippen LogP contribution is -2.45. The summed E-state index contributed by atoms with van der Waals surface area (Å²) in [5, 5.41) is 3.83. The predicted octanol–water partition coefficient (Wildman–Crippen LogP) is 3.31. The molecule has 1 heterocycles. The fourth-order valence-corrected chi connectivity index (χ4v) is 2.19. The minimum Gasteiger partial charge on any atom is -0.323 e. The molecule has 0 spiro atoms. The molecule has 0 saturated heterocycles. The number of carbonyl (C=O) groups excluding carboxylic acids is 1. The average molecular weight is 336 g/mol. The number of hydrogen-bond acceptors (Lipinski definition) is 3. The van der Waals surface area contributed by atoms with E-state index >= 15 is 0 Å². The number of rotatable bonds is 2. The third-order valence-electron chi connectivity index (χ3n) is 3.15. The zero-order chi connectivity index (χ0) is 14.9. The smallest absolute Gasteiger partial charge is 0.241 e. The van der Waals surface area contributed by atoms with Crippen LogP contribution in [0.5, 0.6) is 0 Å². The van der Waals surface area contributed by atoms with Gasteiger partial charge in [0.2, 0.25) is 5.91 Å². The molecule has 0 radical (unpaired) electrons. The first-order valence-corrected chi connectivity index (χ1v) is 7.19. The number of carbonyl (C=O) groups is 1. The first-order valence-electron chi connectivity index (χ1n) is 6.40. The molecule has 1 aromatic heterocycles. The van der Waals surface area contributed by atoms with Gasteiger partial charge in [-0.2, -0.15) is 0 Å². The summed E-state index contributed by atoms with van der Waals surface area (Å²) in [6, 6.07) is 7.05. The Kier molecular flexibility index (Phi) is 4.11. The van der Waals surface area contributed by atoms with Gasteiger partial charge in [-0.15, -0.1) is 0 Å². The van der Waals surface area contributed by atoms with E-state index in [0.29, 0.717) is 5.69 Å². The van der Waals surface area contributed by atoms with Crippen molar-refractivity contribution < 1.29 is 4.79 Å². The number of halogens is 1. The number of amides is 1. The molecule has 2 rings (SSSR count). The molecule has 0 fully saturated rings. The van der Waals surface area contributed by atoms with Crippen LogP contribution in [0, 0.1) is 5.41 Å². The summed E-state index contributed by atoms with van der Waals surface area (Å²) in [5.41, 5.74) is 7.12. The Balaban J connectivity index is 2.33. The second-order valence-electron chi connectivity index (χ2n) is 5.86. The molecule has 0 saturated carbocycles. The van der Waals surface area contributed by atoms with Crippen LogP contribution in [-0.4, -0.2) is 16.9 Å². The third kappa shape index (κ3) is 3.16. The molecule has 20 heavy (non-hydrogen) atoms. The Morgan fingerprint density at radius 1 is 1.40 bits per heavy atom. The number of nitrogens with one attached hydrogen (secondary N) is 1. The molecule has 2 aromatic rings. The average Bonchev–Trinajstić information content (AvgIpc) is 2.36. The van der Waals surface area contributed by atoms with Crippen LogP contribution in [0.15, 0.2) is 34.9 Å². The van der Waals surface area contributed by atoms with Crippen molar-refractivity contribution in [1.29, 1.82) is 0 Å². The number of hydrogen-bond donors (Lipinski definition) is 2. The van der Waals surface area contributed by atoms with Crippen LogP contribution in [0.1, 0.15) is 20.8 Å². The molecule has 5 heteroatoms. The Bertz CT molecular complexity index is 649. The van der Waals surface area contributed by atoms with E-state index in [2.05, 4.69) is 26.2 Å². The predicted molar refractivity (Wildman–Crippen MR) is 85.5 cm³/mol. The van der Waals surface area contributed by atoms with Crippen LogP contribution >= 0.6 is 15.9 Å². The van der Waals surface area contributed by atoms with Crippen molar-refractivity contribution in [3.8, 4) is 0 Å². The van der Waals surface area contributed by atoms with E-state index in [1.54, 1.807) is 6.20 Å². The Morgan fingerprint density at radius 3 is 2.75 bits per heavy atom. The monoisotopic (exact) mass is 335 g/mol. The third-order valence-corrected chi connectivity index (χ3v) is 3.58. The molecular formula is C15H18BrN3O. The zero-order valence-electron chi connectivity index (χ0n) is 11.8. The van der Waals surface area contributed by atoms with Gasteiger partial charge in [-0.25, -0.2) is 0 Å². The molecule has 4 nitrogen and oxygen atoms in total.